The van der Waals surface area contributed by atoms with Gasteiger partial charge in [0.15, 0.2) is 0 Å². The second kappa shape index (κ2) is 5.39. The van der Waals surface area contributed by atoms with E-state index in [9.17, 15) is 14.9 Å². The predicted octanol–water partition coefficient (Wildman–Crippen LogP) is 2.36. The standard InChI is InChI=1S/C12H15N3O3/c1-12(2,3)8-13-14-11(16)9-4-6-10(7-5-9)15(17)18/h4-8H,1-3H3,(H,14,16)/b13-8+. The van der Waals surface area contributed by atoms with Crippen molar-refractivity contribution in [3.63, 3.8) is 0 Å². The molecule has 96 valence electrons. The first-order valence-corrected chi connectivity index (χ1v) is 5.38. The highest BCUT2D eigenvalue weighted by atomic mass is 16.6. The van der Waals surface area contributed by atoms with Crippen molar-refractivity contribution in [3.8, 4) is 0 Å². The van der Waals surface area contributed by atoms with Gasteiger partial charge in [-0.3, -0.25) is 14.9 Å². The number of nitro benzene ring substituents is 1. The van der Waals surface area contributed by atoms with Crippen LogP contribution in [0.2, 0.25) is 0 Å². The van der Waals surface area contributed by atoms with Crippen LogP contribution in [0.5, 0.6) is 0 Å². The minimum atomic E-state index is -0.514. The van der Waals surface area contributed by atoms with Crippen molar-refractivity contribution in [1.82, 2.24) is 5.43 Å². The van der Waals surface area contributed by atoms with Gasteiger partial charge in [-0.1, -0.05) is 20.8 Å². The lowest BCUT2D eigenvalue weighted by Crippen LogP contribution is -2.19. The number of non-ortho nitro benzene ring substituents is 1. The fourth-order valence-corrected chi connectivity index (χ4v) is 1.08. The summed E-state index contributed by atoms with van der Waals surface area (Å²) in [7, 11) is 0. The summed E-state index contributed by atoms with van der Waals surface area (Å²) >= 11 is 0. The Labute approximate surface area is 105 Å². The van der Waals surface area contributed by atoms with Crippen LogP contribution in [0.1, 0.15) is 31.1 Å². The van der Waals surface area contributed by atoms with E-state index in [4.69, 9.17) is 0 Å². The van der Waals surface area contributed by atoms with Crippen molar-refractivity contribution in [2.24, 2.45) is 10.5 Å². The van der Waals surface area contributed by atoms with E-state index in [1.165, 1.54) is 24.3 Å². The van der Waals surface area contributed by atoms with Crippen molar-refractivity contribution in [2.45, 2.75) is 20.8 Å². The van der Waals surface area contributed by atoms with Crippen LogP contribution in [0.3, 0.4) is 0 Å². The predicted molar refractivity (Wildman–Crippen MR) is 68.5 cm³/mol. The molecule has 0 saturated heterocycles. The molecule has 0 aliphatic heterocycles. The first-order chi connectivity index (χ1) is 8.29. The van der Waals surface area contributed by atoms with E-state index in [1.807, 2.05) is 20.8 Å². The lowest BCUT2D eigenvalue weighted by Gasteiger charge is -2.09. The monoisotopic (exact) mass is 249 g/mol. The number of hydrogen-bond acceptors (Lipinski definition) is 4. The molecular weight excluding hydrogens is 234 g/mol. The molecule has 0 spiro atoms. The third kappa shape index (κ3) is 4.32. The highest BCUT2D eigenvalue weighted by molar-refractivity contribution is 5.94. The molecule has 0 unspecified atom stereocenters. The van der Waals surface area contributed by atoms with E-state index in [-0.39, 0.29) is 11.1 Å². The molecule has 0 aliphatic rings. The number of nitro groups is 1. The SMILES string of the molecule is CC(C)(C)/C=N/NC(=O)c1ccc([N+](=O)[O-])cc1. The van der Waals surface area contributed by atoms with Crippen molar-refractivity contribution in [2.75, 3.05) is 0 Å². The number of rotatable bonds is 3. The quantitative estimate of drug-likeness (QED) is 0.507. The Morgan fingerprint density at radius 1 is 1.33 bits per heavy atom. The number of hydrazone groups is 1. The van der Waals surface area contributed by atoms with Crippen molar-refractivity contribution >= 4 is 17.8 Å². The third-order valence-electron chi connectivity index (χ3n) is 1.96. The highest BCUT2D eigenvalue weighted by Gasteiger charge is 2.09. The maximum absolute atomic E-state index is 11.6. The van der Waals surface area contributed by atoms with E-state index in [2.05, 4.69) is 10.5 Å². The molecule has 0 bridgehead atoms. The van der Waals surface area contributed by atoms with Gasteiger partial charge in [-0.15, -0.1) is 0 Å². The maximum Gasteiger partial charge on any atom is 0.271 e. The Kier molecular flexibility index (Phi) is 4.14. The van der Waals surface area contributed by atoms with Gasteiger partial charge >= 0.3 is 0 Å². The molecule has 6 nitrogen and oxygen atoms in total. The van der Waals surface area contributed by atoms with Gasteiger partial charge in [-0.2, -0.15) is 5.10 Å². The number of carbonyl (C=O) groups excluding carboxylic acids is 1. The van der Waals surface area contributed by atoms with Crippen LogP contribution in [0.15, 0.2) is 29.4 Å². The van der Waals surface area contributed by atoms with Crippen molar-refractivity contribution < 1.29 is 9.72 Å². The van der Waals surface area contributed by atoms with Gasteiger partial charge in [0.1, 0.15) is 0 Å². The van der Waals surface area contributed by atoms with Gasteiger partial charge in [-0.05, 0) is 17.5 Å². The summed E-state index contributed by atoms with van der Waals surface area (Å²) in [6, 6.07) is 5.34. The van der Waals surface area contributed by atoms with Crippen LogP contribution in [0.25, 0.3) is 0 Å². The molecule has 6 heteroatoms. The maximum atomic E-state index is 11.6. The topological polar surface area (TPSA) is 84.6 Å². The zero-order valence-corrected chi connectivity index (χ0v) is 10.5. The lowest BCUT2D eigenvalue weighted by atomic mass is 9.99. The second-order valence-corrected chi connectivity index (χ2v) is 4.87. The molecule has 0 heterocycles. The zero-order chi connectivity index (χ0) is 13.8. The first kappa shape index (κ1) is 13.8. The molecule has 1 aromatic carbocycles. The first-order valence-electron chi connectivity index (χ1n) is 5.38. The molecule has 1 aromatic rings. The van der Waals surface area contributed by atoms with Gasteiger partial charge in [0.2, 0.25) is 0 Å². The Morgan fingerprint density at radius 3 is 2.33 bits per heavy atom. The molecule has 0 aliphatic carbocycles. The molecular formula is C12H15N3O3. The molecule has 0 radical (unpaired) electrons. The van der Waals surface area contributed by atoms with Crippen LogP contribution in [0.4, 0.5) is 5.69 Å². The summed E-state index contributed by atoms with van der Waals surface area (Å²) in [6.07, 6.45) is 1.62. The van der Waals surface area contributed by atoms with Crippen LogP contribution in [-0.4, -0.2) is 17.0 Å². The Balaban J connectivity index is 2.68. The number of nitrogens with zero attached hydrogens (tertiary/aromatic N) is 2. The molecule has 18 heavy (non-hydrogen) atoms. The molecule has 1 N–H and O–H groups in total. The number of benzene rings is 1. The molecule has 0 atom stereocenters. The average Bonchev–Trinajstić information content (AvgIpc) is 2.27. The number of hydrogen-bond donors (Lipinski definition) is 1. The molecule has 0 fully saturated rings. The van der Waals surface area contributed by atoms with Gasteiger partial charge in [-0.25, -0.2) is 5.43 Å². The summed E-state index contributed by atoms with van der Waals surface area (Å²) in [5.41, 5.74) is 2.52. The number of amides is 1. The second-order valence-electron chi connectivity index (χ2n) is 4.87. The largest absolute Gasteiger partial charge is 0.271 e. The summed E-state index contributed by atoms with van der Waals surface area (Å²) in [6.45, 7) is 5.86. The summed E-state index contributed by atoms with van der Waals surface area (Å²) in [4.78, 5) is 21.5. The van der Waals surface area contributed by atoms with Gasteiger partial charge in [0.25, 0.3) is 11.6 Å². The van der Waals surface area contributed by atoms with Crippen molar-refractivity contribution in [1.29, 1.82) is 0 Å². The average molecular weight is 249 g/mol. The van der Waals surface area contributed by atoms with Crippen LogP contribution in [0, 0.1) is 15.5 Å². The van der Waals surface area contributed by atoms with Gasteiger partial charge < -0.3 is 0 Å². The molecule has 1 amide bonds. The Morgan fingerprint density at radius 2 is 1.89 bits per heavy atom. The Hall–Kier alpha value is -2.24. The van der Waals surface area contributed by atoms with Gasteiger partial charge in [0, 0.05) is 23.9 Å². The van der Waals surface area contributed by atoms with E-state index >= 15 is 0 Å². The van der Waals surface area contributed by atoms with E-state index in [0.29, 0.717) is 5.56 Å². The fourth-order valence-electron chi connectivity index (χ4n) is 1.08. The lowest BCUT2D eigenvalue weighted by molar-refractivity contribution is -0.384. The minimum absolute atomic E-state index is 0.0512. The summed E-state index contributed by atoms with van der Waals surface area (Å²) in [5, 5.41) is 14.3. The smallest absolute Gasteiger partial charge is 0.267 e. The number of nitrogens with one attached hydrogen (secondary N) is 1. The fraction of sp³-hybridized carbons (Fsp3) is 0.333. The molecule has 0 aromatic heterocycles. The number of carbonyl (C=O) groups is 1. The highest BCUT2D eigenvalue weighted by Crippen LogP contribution is 2.12. The normalized spacial score (nSPS) is 11.5. The summed E-state index contributed by atoms with van der Waals surface area (Å²) < 4.78 is 0. The summed E-state index contributed by atoms with van der Waals surface area (Å²) in [5.74, 6) is -0.398. The van der Waals surface area contributed by atoms with Crippen molar-refractivity contribution in [3.05, 3.63) is 39.9 Å². The van der Waals surface area contributed by atoms with Gasteiger partial charge in [0.05, 0.1) is 4.92 Å². The van der Waals surface area contributed by atoms with E-state index < -0.39 is 10.8 Å². The van der Waals surface area contributed by atoms with E-state index in [0.717, 1.165) is 0 Å². The third-order valence-corrected chi connectivity index (χ3v) is 1.96. The van der Waals surface area contributed by atoms with Crippen LogP contribution in [-0.2, 0) is 0 Å². The Bertz CT molecular complexity index is 472. The minimum Gasteiger partial charge on any atom is -0.267 e. The van der Waals surface area contributed by atoms with E-state index in [1.54, 1.807) is 6.21 Å². The molecule has 1 rings (SSSR count). The zero-order valence-electron chi connectivity index (χ0n) is 10.5. The van der Waals surface area contributed by atoms with Crippen LogP contribution < -0.4 is 5.43 Å². The van der Waals surface area contributed by atoms with Crippen LogP contribution >= 0.6 is 0 Å². The molecule has 0 saturated carbocycles.